The molecule has 0 aromatic rings. The summed E-state index contributed by atoms with van der Waals surface area (Å²) in [4.78, 5) is 10.6. The highest BCUT2D eigenvalue weighted by atomic mass is 16.4. The van der Waals surface area contributed by atoms with E-state index in [0.29, 0.717) is 11.8 Å². The van der Waals surface area contributed by atoms with Gasteiger partial charge in [0, 0.05) is 0 Å². The average molecular weight is 142 g/mol. The molecule has 2 heteroatoms. The van der Waals surface area contributed by atoms with Gasteiger partial charge < -0.3 is 5.11 Å². The second-order valence-corrected chi connectivity index (χ2v) is 3.36. The van der Waals surface area contributed by atoms with Gasteiger partial charge in [-0.05, 0) is 24.7 Å². The minimum Gasteiger partial charge on any atom is -0.481 e. The fourth-order valence-electron chi connectivity index (χ4n) is 1.71. The van der Waals surface area contributed by atoms with E-state index in [1.165, 1.54) is 0 Å². The van der Waals surface area contributed by atoms with Crippen molar-refractivity contribution in [1.29, 1.82) is 0 Å². The van der Waals surface area contributed by atoms with E-state index >= 15 is 0 Å². The molecule has 1 fully saturated rings. The summed E-state index contributed by atoms with van der Waals surface area (Å²) >= 11 is 0. The molecule has 1 saturated carbocycles. The molecule has 58 valence electrons. The van der Waals surface area contributed by atoms with Crippen LogP contribution in [0.3, 0.4) is 0 Å². The Balaban J connectivity index is 2.57. The van der Waals surface area contributed by atoms with Crippen molar-refractivity contribution in [3.8, 4) is 0 Å². The van der Waals surface area contributed by atoms with Gasteiger partial charge in [-0.25, -0.2) is 0 Å². The van der Waals surface area contributed by atoms with Crippen LogP contribution in [-0.4, -0.2) is 11.1 Å². The number of carboxylic acid groups (broad SMARTS) is 1. The lowest BCUT2D eigenvalue weighted by molar-refractivity contribution is -0.142. The number of rotatable bonds is 1. The number of aliphatic carboxylic acids is 1. The summed E-state index contributed by atoms with van der Waals surface area (Å²) in [5.74, 6) is 0.283. The molecule has 10 heavy (non-hydrogen) atoms. The van der Waals surface area contributed by atoms with Gasteiger partial charge in [-0.3, -0.25) is 4.79 Å². The van der Waals surface area contributed by atoms with E-state index < -0.39 is 5.97 Å². The van der Waals surface area contributed by atoms with E-state index in [2.05, 4.69) is 6.92 Å². The van der Waals surface area contributed by atoms with Crippen LogP contribution in [0, 0.1) is 17.8 Å². The molecular formula is C8H14O2. The van der Waals surface area contributed by atoms with Crippen LogP contribution < -0.4 is 0 Å². The van der Waals surface area contributed by atoms with Crippen molar-refractivity contribution in [3.05, 3.63) is 0 Å². The molecule has 0 amide bonds. The molecule has 0 spiro atoms. The van der Waals surface area contributed by atoms with E-state index in [-0.39, 0.29) is 5.92 Å². The van der Waals surface area contributed by atoms with Crippen molar-refractivity contribution in [1.82, 2.24) is 0 Å². The Morgan fingerprint density at radius 1 is 1.40 bits per heavy atom. The van der Waals surface area contributed by atoms with Crippen molar-refractivity contribution in [2.75, 3.05) is 0 Å². The van der Waals surface area contributed by atoms with Gasteiger partial charge in [-0.15, -0.1) is 0 Å². The minimum absolute atomic E-state index is 0.0741. The van der Waals surface area contributed by atoms with Crippen molar-refractivity contribution in [2.24, 2.45) is 17.8 Å². The summed E-state index contributed by atoms with van der Waals surface area (Å²) in [7, 11) is 0. The molecule has 0 aromatic carbocycles. The second-order valence-electron chi connectivity index (χ2n) is 3.36. The van der Waals surface area contributed by atoms with Gasteiger partial charge in [0.25, 0.3) is 0 Å². The summed E-state index contributed by atoms with van der Waals surface area (Å²) in [6.45, 7) is 4.17. The molecule has 0 heterocycles. The van der Waals surface area contributed by atoms with Gasteiger partial charge in [0.05, 0.1) is 5.92 Å². The highest BCUT2D eigenvalue weighted by Gasteiger charge is 2.34. The lowest BCUT2D eigenvalue weighted by Crippen LogP contribution is -2.18. The predicted octanol–water partition coefficient (Wildman–Crippen LogP) is 1.75. The lowest BCUT2D eigenvalue weighted by Gasteiger charge is -2.12. The van der Waals surface area contributed by atoms with Gasteiger partial charge in [-0.1, -0.05) is 13.8 Å². The molecule has 2 unspecified atom stereocenters. The van der Waals surface area contributed by atoms with E-state index in [0.717, 1.165) is 12.8 Å². The Morgan fingerprint density at radius 2 is 2.00 bits per heavy atom. The molecule has 0 bridgehead atoms. The molecule has 1 aliphatic rings. The molecule has 0 aromatic heterocycles. The maximum absolute atomic E-state index is 10.6. The Hall–Kier alpha value is -0.530. The second kappa shape index (κ2) is 2.60. The molecule has 0 aliphatic heterocycles. The third-order valence-corrected chi connectivity index (χ3v) is 2.78. The molecule has 3 atom stereocenters. The van der Waals surface area contributed by atoms with E-state index in [1.807, 2.05) is 6.92 Å². The summed E-state index contributed by atoms with van der Waals surface area (Å²) < 4.78 is 0. The fraction of sp³-hybridized carbons (Fsp3) is 0.875. The van der Waals surface area contributed by atoms with E-state index in [1.54, 1.807) is 0 Å². The third-order valence-electron chi connectivity index (χ3n) is 2.78. The van der Waals surface area contributed by atoms with Gasteiger partial charge in [0.15, 0.2) is 0 Å². The van der Waals surface area contributed by atoms with Gasteiger partial charge in [0.2, 0.25) is 0 Å². The van der Waals surface area contributed by atoms with Crippen LogP contribution in [0.5, 0.6) is 0 Å². The van der Waals surface area contributed by atoms with Crippen LogP contribution >= 0.6 is 0 Å². The smallest absolute Gasteiger partial charge is 0.306 e. The monoisotopic (exact) mass is 142 g/mol. The first-order chi connectivity index (χ1) is 4.63. The first kappa shape index (κ1) is 7.58. The van der Waals surface area contributed by atoms with Gasteiger partial charge in [-0.2, -0.15) is 0 Å². The zero-order valence-electron chi connectivity index (χ0n) is 6.50. The summed E-state index contributed by atoms with van der Waals surface area (Å²) in [5, 5.41) is 8.70. The Kier molecular flexibility index (Phi) is 1.97. The van der Waals surface area contributed by atoms with Crippen LogP contribution in [-0.2, 0) is 4.79 Å². The van der Waals surface area contributed by atoms with Gasteiger partial charge in [0.1, 0.15) is 0 Å². The van der Waals surface area contributed by atoms with Crippen LogP contribution in [0.1, 0.15) is 26.7 Å². The van der Waals surface area contributed by atoms with Gasteiger partial charge >= 0.3 is 5.97 Å². The van der Waals surface area contributed by atoms with Crippen LogP contribution in [0.2, 0.25) is 0 Å². The maximum Gasteiger partial charge on any atom is 0.306 e. The number of carboxylic acids is 1. The summed E-state index contributed by atoms with van der Waals surface area (Å²) in [5.41, 5.74) is 0. The van der Waals surface area contributed by atoms with Crippen LogP contribution in [0.15, 0.2) is 0 Å². The van der Waals surface area contributed by atoms with Crippen molar-refractivity contribution in [2.45, 2.75) is 26.7 Å². The Labute approximate surface area is 61.2 Å². The normalized spacial score (nSPS) is 40.0. The first-order valence-corrected chi connectivity index (χ1v) is 3.85. The predicted molar refractivity (Wildman–Crippen MR) is 38.7 cm³/mol. The highest BCUT2D eigenvalue weighted by Crippen LogP contribution is 2.36. The highest BCUT2D eigenvalue weighted by molar-refractivity contribution is 5.70. The van der Waals surface area contributed by atoms with Crippen molar-refractivity contribution < 1.29 is 9.90 Å². The molecule has 0 radical (unpaired) electrons. The maximum atomic E-state index is 10.6. The average Bonchev–Trinajstić information content (AvgIpc) is 2.14. The topological polar surface area (TPSA) is 37.3 Å². The molecule has 1 rings (SSSR count). The molecule has 2 nitrogen and oxygen atoms in total. The quantitative estimate of drug-likeness (QED) is 0.605. The number of hydrogen-bond acceptors (Lipinski definition) is 1. The standard InChI is InChI=1S/C8H14O2/c1-5-3-4-7(6(5)2)8(9)10/h5-7H,3-4H2,1-2H3,(H,9,10)/t5?,6?,7-/m0/s1. The zero-order chi connectivity index (χ0) is 7.72. The third kappa shape index (κ3) is 1.15. The van der Waals surface area contributed by atoms with Crippen LogP contribution in [0.25, 0.3) is 0 Å². The van der Waals surface area contributed by atoms with E-state index in [4.69, 9.17) is 5.11 Å². The zero-order valence-corrected chi connectivity index (χ0v) is 6.50. The molecule has 1 N–H and O–H groups in total. The fourth-order valence-corrected chi connectivity index (χ4v) is 1.71. The number of carbonyl (C=O) groups is 1. The molecule has 0 saturated heterocycles. The minimum atomic E-state index is -0.614. The Bertz CT molecular complexity index is 142. The summed E-state index contributed by atoms with van der Waals surface area (Å²) in [6.07, 6.45) is 1.95. The lowest BCUT2D eigenvalue weighted by atomic mass is 9.93. The van der Waals surface area contributed by atoms with Crippen molar-refractivity contribution >= 4 is 5.97 Å². The van der Waals surface area contributed by atoms with Crippen molar-refractivity contribution in [3.63, 3.8) is 0 Å². The molecule has 1 aliphatic carbocycles. The SMILES string of the molecule is CC1CC[C@H](C(=O)O)C1C. The first-order valence-electron chi connectivity index (χ1n) is 3.85. The molecular weight excluding hydrogens is 128 g/mol. The van der Waals surface area contributed by atoms with Crippen LogP contribution in [0.4, 0.5) is 0 Å². The summed E-state index contributed by atoms with van der Waals surface area (Å²) in [6, 6.07) is 0. The largest absolute Gasteiger partial charge is 0.481 e. The van der Waals surface area contributed by atoms with E-state index in [9.17, 15) is 4.79 Å². The Morgan fingerprint density at radius 3 is 2.20 bits per heavy atom. The number of hydrogen-bond donors (Lipinski definition) is 1.